The van der Waals surface area contributed by atoms with Crippen molar-refractivity contribution in [3.8, 4) is 5.88 Å². The van der Waals surface area contributed by atoms with Gasteiger partial charge in [-0.15, -0.1) is 0 Å². The van der Waals surface area contributed by atoms with E-state index < -0.39 is 0 Å². The third kappa shape index (κ3) is 5.35. The number of ether oxygens (including phenoxy) is 1. The average Bonchev–Trinajstić information content (AvgIpc) is 2.87. The Bertz CT molecular complexity index is 1250. The molecule has 1 aliphatic rings. The van der Waals surface area contributed by atoms with Gasteiger partial charge in [0.2, 0.25) is 11.4 Å². The van der Waals surface area contributed by atoms with Gasteiger partial charge in [0.05, 0.1) is 18.3 Å². The van der Waals surface area contributed by atoms with Crippen LogP contribution in [0.2, 0.25) is 0 Å². The van der Waals surface area contributed by atoms with Crippen LogP contribution in [0.25, 0.3) is 5.57 Å². The van der Waals surface area contributed by atoms with Crippen LogP contribution >= 0.6 is 0 Å². The number of rotatable bonds is 8. The van der Waals surface area contributed by atoms with Crippen molar-refractivity contribution >= 4 is 17.5 Å². The van der Waals surface area contributed by atoms with Crippen LogP contribution in [0, 0.1) is 0 Å². The van der Waals surface area contributed by atoms with E-state index in [4.69, 9.17) is 10.5 Å². The highest BCUT2D eigenvalue weighted by Gasteiger charge is 2.29. The number of anilines is 1. The highest BCUT2D eigenvalue weighted by molar-refractivity contribution is 6.09. The molecule has 0 spiro atoms. The standard InChI is InChI=1S/C26H30N6O2.2H2/c1-28-14-21(13-27)20-12-22-26(31-15-20)34-23(16-30-22)25(19-6-4-3-5-7-19)29-11-10-18-8-9-24(33)32(2)17-18;;/h3-9,12-15,17,23,25,29-30H,10-11,16,27H2,1-2H3;2*1H/b21-13+,28-14?;;/t23-,25+;;/m0../s1. The summed E-state index contributed by atoms with van der Waals surface area (Å²) in [4.78, 5) is 20.2. The minimum atomic E-state index is -0.157. The quantitative estimate of drug-likeness (QED) is 0.444. The van der Waals surface area contributed by atoms with Crippen molar-refractivity contribution < 1.29 is 7.59 Å². The van der Waals surface area contributed by atoms with Gasteiger partial charge in [0.25, 0.3) is 0 Å². The summed E-state index contributed by atoms with van der Waals surface area (Å²) in [5, 5.41) is 7.12. The van der Waals surface area contributed by atoms with Gasteiger partial charge in [-0.2, -0.15) is 0 Å². The zero-order valence-corrected chi connectivity index (χ0v) is 19.4. The zero-order valence-electron chi connectivity index (χ0n) is 19.4. The lowest BCUT2D eigenvalue weighted by molar-refractivity contribution is 0.150. The van der Waals surface area contributed by atoms with Crippen molar-refractivity contribution in [2.24, 2.45) is 17.8 Å². The first kappa shape index (κ1) is 23.3. The van der Waals surface area contributed by atoms with Crippen molar-refractivity contribution in [2.75, 3.05) is 25.5 Å². The number of fused-ring (bicyclic) bond motifs is 1. The number of hydrogen-bond donors (Lipinski definition) is 3. The molecule has 3 aromatic rings. The second-order valence-corrected chi connectivity index (χ2v) is 8.20. The van der Waals surface area contributed by atoms with Crippen LogP contribution in [0.5, 0.6) is 5.88 Å². The Morgan fingerprint density at radius 3 is 2.94 bits per heavy atom. The molecule has 0 unspecified atom stereocenters. The largest absolute Gasteiger partial charge is 0.469 e. The van der Waals surface area contributed by atoms with E-state index in [1.165, 1.54) is 6.20 Å². The van der Waals surface area contributed by atoms with Crippen molar-refractivity contribution in [1.29, 1.82) is 0 Å². The molecule has 0 bridgehead atoms. The van der Waals surface area contributed by atoms with E-state index in [2.05, 4.69) is 32.7 Å². The molecular formula is C26H34N6O2. The molecule has 2 atom stereocenters. The summed E-state index contributed by atoms with van der Waals surface area (Å²) in [6.07, 6.45) is 7.48. The fourth-order valence-corrected chi connectivity index (χ4v) is 4.06. The third-order valence-electron chi connectivity index (χ3n) is 5.84. The smallest absolute Gasteiger partial charge is 0.250 e. The maximum absolute atomic E-state index is 11.7. The summed E-state index contributed by atoms with van der Waals surface area (Å²) < 4.78 is 7.95. The summed E-state index contributed by atoms with van der Waals surface area (Å²) in [6.45, 7) is 1.35. The van der Waals surface area contributed by atoms with Crippen molar-refractivity contribution in [3.05, 3.63) is 94.2 Å². The topological polar surface area (TPSA) is 107 Å². The van der Waals surface area contributed by atoms with Gasteiger partial charge in [0, 0.05) is 59.0 Å². The van der Waals surface area contributed by atoms with Crippen LogP contribution < -0.4 is 26.7 Å². The predicted molar refractivity (Wildman–Crippen MR) is 141 cm³/mol. The SMILES string of the molecule is CN=C/C(=C\N)c1cnc2c(c1)NC[C@@H]([C@H](NCCc1ccc(=O)n(C)c1)c1ccccc1)O2.[HH].[HH]. The first-order valence-corrected chi connectivity index (χ1v) is 11.3. The Labute approximate surface area is 202 Å². The predicted octanol–water partition coefficient (Wildman–Crippen LogP) is 3.02. The third-order valence-corrected chi connectivity index (χ3v) is 5.84. The summed E-state index contributed by atoms with van der Waals surface area (Å²) in [7, 11) is 3.47. The van der Waals surface area contributed by atoms with Crippen molar-refractivity contribution in [1.82, 2.24) is 14.9 Å². The number of aryl methyl sites for hydroxylation is 1. The molecular weight excluding hydrogens is 428 g/mol. The number of nitrogens with one attached hydrogen (secondary N) is 2. The van der Waals surface area contributed by atoms with Crippen molar-refractivity contribution in [2.45, 2.75) is 18.6 Å². The molecule has 0 saturated heterocycles. The molecule has 1 aromatic carbocycles. The Balaban J connectivity index is 0.00000228. The molecule has 180 valence electrons. The number of aromatic nitrogens is 2. The number of pyridine rings is 2. The van der Waals surface area contributed by atoms with Gasteiger partial charge in [0.1, 0.15) is 6.10 Å². The Hall–Kier alpha value is -3.91. The first-order valence-electron chi connectivity index (χ1n) is 11.3. The lowest BCUT2D eigenvalue weighted by Crippen LogP contribution is -2.43. The zero-order chi connectivity index (χ0) is 23.9. The van der Waals surface area contributed by atoms with Gasteiger partial charge in [-0.1, -0.05) is 36.4 Å². The van der Waals surface area contributed by atoms with Crippen LogP contribution in [0.1, 0.15) is 25.6 Å². The van der Waals surface area contributed by atoms with E-state index in [9.17, 15) is 4.79 Å². The normalized spacial score (nSPS) is 16.5. The summed E-state index contributed by atoms with van der Waals surface area (Å²) >= 11 is 0. The summed E-state index contributed by atoms with van der Waals surface area (Å²) in [6, 6.07) is 15.7. The molecule has 0 fully saturated rings. The molecule has 4 N–H and O–H groups in total. The van der Waals surface area contributed by atoms with E-state index in [1.54, 1.807) is 37.1 Å². The lowest BCUT2D eigenvalue weighted by Gasteiger charge is -2.33. The van der Waals surface area contributed by atoms with Gasteiger partial charge < -0.3 is 25.7 Å². The van der Waals surface area contributed by atoms with Crippen LogP contribution in [0.3, 0.4) is 0 Å². The van der Waals surface area contributed by atoms with E-state index in [-0.39, 0.29) is 20.6 Å². The molecule has 34 heavy (non-hydrogen) atoms. The minimum Gasteiger partial charge on any atom is -0.469 e. The number of aliphatic imine (C=N–C) groups is 1. The molecule has 0 radical (unpaired) electrons. The second-order valence-electron chi connectivity index (χ2n) is 8.20. The Morgan fingerprint density at radius 1 is 1.38 bits per heavy atom. The first-order chi connectivity index (χ1) is 16.6. The minimum absolute atomic E-state index is 0. The van der Waals surface area contributed by atoms with Gasteiger partial charge in [-0.3, -0.25) is 9.79 Å². The number of nitrogens with zero attached hydrogens (tertiary/aromatic N) is 3. The molecule has 3 heterocycles. The molecule has 0 saturated carbocycles. The van der Waals surface area contributed by atoms with Crippen molar-refractivity contribution in [3.63, 3.8) is 0 Å². The Morgan fingerprint density at radius 2 is 2.21 bits per heavy atom. The molecule has 1 aliphatic heterocycles. The summed E-state index contributed by atoms with van der Waals surface area (Å²) in [5.74, 6) is 0.561. The van der Waals surface area contributed by atoms with Crippen LogP contribution in [0.15, 0.2) is 76.9 Å². The van der Waals surface area contributed by atoms with E-state index in [0.29, 0.717) is 12.4 Å². The van der Waals surface area contributed by atoms with Gasteiger partial charge in [-0.05, 0) is 30.2 Å². The number of allylic oxidation sites excluding steroid dienone is 1. The number of benzene rings is 1. The second kappa shape index (κ2) is 10.8. The van der Waals surface area contributed by atoms with E-state index in [0.717, 1.165) is 40.9 Å². The highest BCUT2D eigenvalue weighted by atomic mass is 16.5. The van der Waals surface area contributed by atoms with Gasteiger partial charge in [-0.25, -0.2) is 4.98 Å². The fraction of sp³-hybridized carbons (Fsp3) is 0.269. The maximum atomic E-state index is 11.7. The molecule has 8 nitrogen and oxygen atoms in total. The number of hydrogen-bond acceptors (Lipinski definition) is 7. The maximum Gasteiger partial charge on any atom is 0.250 e. The van der Waals surface area contributed by atoms with E-state index in [1.807, 2.05) is 36.5 Å². The monoisotopic (exact) mass is 462 g/mol. The van der Waals surface area contributed by atoms with E-state index >= 15 is 0 Å². The van der Waals surface area contributed by atoms with Gasteiger partial charge in [0.15, 0.2) is 0 Å². The molecule has 4 rings (SSSR count). The molecule has 0 aliphatic carbocycles. The summed E-state index contributed by atoms with van der Waals surface area (Å²) in [5.41, 5.74) is 10.5. The fourth-order valence-electron chi connectivity index (χ4n) is 4.06. The molecule has 2 aromatic heterocycles. The molecule has 8 heteroatoms. The van der Waals surface area contributed by atoms with Crippen LogP contribution in [-0.2, 0) is 13.5 Å². The molecule has 0 amide bonds. The van der Waals surface area contributed by atoms with Crippen LogP contribution in [0.4, 0.5) is 5.69 Å². The Kier molecular flexibility index (Phi) is 7.39. The van der Waals surface area contributed by atoms with Gasteiger partial charge >= 0.3 is 0 Å². The lowest BCUT2D eigenvalue weighted by atomic mass is 9.99. The number of nitrogens with two attached hydrogens (primary N) is 1. The highest BCUT2D eigenvalue weighted by Crippen LogP contribution is 2.32. The van der Waals surface area contributed by atoms with Crippen LogP contribution in [-0.4, -0.2) is 42.0 Å². The average molecular weight is 463 g/mol.